The molecule has 5 heterocycles. The maximum Gasteiger partial charge on any atom is 0.0824 e. The van der Waals surface area contributed by atoms with Crippen molar-refractivity contribution in [1.29, 1.82) is 0 Å². The Morgan fingerprint density at radius 3 is 1.51 bits per heavy atom. The third kappa shape index (κ3) is 6.66. The van der Waals surface area contributed by atoms with Crippen molar-refractivity contribution in [2.24, 2.45) is 15.0 Å². The summed E-state index contributed by atoms with van der Waals surface area (Å²) >= 11 is 3.58. The number of aliphatic imine (C=N–C) groups is 3. The molecule has 0 aliphatic carbocycles. The van der Waals surface area contributed by atoms with E-state index < -0.39 is 0 Å². The number of anilines is 1. The molecule has 6 aromatic rings. The Morgan fingerprint density at radius 1 is 0.456 bits per heavy atom. The molecule has 4 aliphatic heterocycles. The van der Waals surface area contributed by atoms with Crippen molar-refractivity contribution in [3.8, 4) is 0 Å². The van der Waals surface area contributed by atoms with Gasteiger partial charge in [0.15, 0.2) is 0 Å². The first-order valence-electron chi connectivity index (χ1n) is 18.9. The van der Waals surface area contributed by atoms with Gasteiger partial charge in [-0.25, -0.2) is 15.0 Å². The second-order valence-electron chi connectivity index (χ2n) is 13.9. The van der Waals surface area contributed by atoms with E-state index in [-0.39, 0.29) is 0 Å². The minimum absolute atomic E-state index is 0.823. The predicted molar refractivity (Wildman–Crippen MR) is 239 cm³/mol. The van der Waals surface area contributed by atoms with Crippen LogP contribution in [-0.2, 0) is 0 Å². The highest BCUT2D eigenvalue weighted by atomic mass is 79.9. The molecular weight excluding hydrogens is 762 g/mol. The highest BCUT2D eigenvalue weighted by Crippen LogP contribution is 2.39. The summed E-state index contributed by atoms with van der Waals surface area (Å²) in [4.78, 5) is 20.2. The molecule has 5 aromatic carbocycles. The Hall–Kier alpha value is -7.15. The van der Waals surface area contributed by atoms with Crippen LogP contribution in [0.5, 0.6) is 0 Å². The molecule has 0 unspecified atom stereocenters. The molecule has 0 saturated carbocycles. The van der Waals surface area contributed by atoms with Gasteiger partial charge < -0.3 is 10.3 Å². The molecule has 0 amide bonds. The van der Waals surface area contributed by atoms with E-state index in [1.807, 2.05) is 36.4 Å². The SMILES string of the molecule is Brc1ccc(N/C=C2/C=C3N=C2C(c2ccccc2)=c2ccc([nH]2)=C(c2ccccc2)C2=NC(=C(c4ccccc4)C4=NC(=C3c3ccccc3)C=C4)C=C2)cc1. The van der Waals surface area contributed by atoms with Crippen LogP contribution in [0.2, 0.25) is 0 Å². The molecule has 10 rings (SSSR count). The molecule has 0 saturated heterocycles. The fourth-order valence-corrected chi connectivity index (χ4v) is 7.95. The monoisotopic (exact) mass is 795 g/mol. The Labute approximate surface area is 339 Å². The third-order valence-electron chi connectivity index (χ3n) is 10.3. The number of fused-ring (bicyclic) bond motifs is 5. The topological polar surface area (TPSA) is 64.9 Å². The zero-order valence-corrected chi connectivity index (χ0v) is 32.3. The zero-order valence-electron chi connectivity index (χ0n) is 30.7. The molecule has 0 spiro atoms. The van der Waals surface area contributed by atoms with Crippen LogP contribution >= 0.6 is 15.9 Å². The van der Waals surface area contributed by atoms with E-state index in [0.29, 0.717) is 0 Å². The summed E-state index contributed by atoms with van der Waals surface area (Å²) in [5.41, 5.74) is 15.1. The van der Waals surface area contributed by atoms with Crippen LogP contribution in [0.25, 0.3) is 22.3 Å². The number of nitrogens with zero attached hydrogens (tertiary/aromatic N) is 3. The fourth-order valence-electron chi connectivity index (χ4n) is 7.68. The van der Waals surface area contributed by atoms with Crippen molar-refractivity contribution in [2.75, 3.05) is 5.32 Å². The van der Waals surface area contributed by atoms with E-state index in [2.05, 4.69) is 184 Å². The van der Waals surface area contributed by atoms with E-state index in [4.69, 9.17) is 15.0 Å². The summed E-state index contributed by atoms with van der Waals surface area (Å²) < 4.78 is 1.02. The van der Waals surface area contributed by atoms with E-state index in [1.165, 1.54) is 0 Å². The van der Waals surface area contributed by atoms with Crippen LogP contribution in [0.3, 0.4) is 0 Å². The van der Waals surface area contributed by atoms with Crippen molar-refractivity contribution in [3.63, 3.8) is 0 Å². The summed E-state index contributed by atoms with van der Waals surface area (Å²) in [6, 6.07) is 54.3. The molecular formula is C51H34BrN5. The first-order chi connectivity index (χ1) is 28.2. The zero-order chi connectivity index (χ0) is 38.1. The molecule has 4 aliphatic rings. The van der Waals surface area contributed by atoms with Crippen LogP contribution in [0.1, 0.15) is 22.3 Å². The smallest absolute Gasteiger partial charge is 0.0824 e. The Kier molecular flexibility index (Phi) is 8.94. The lowest BCUT2D eigenvalue weighted by Gasteiger charge is -2.12. The Bertz CT molecular complexity index is 2980. The van der Waals surface area contributed by atoms with Crippen LogP contribution in [0.15, 0.2) is 236 Å². The molecule has 2 N–H and O–H groups in total. The second-order valence-corrected chi connectivity index (χ2v) is 14.8. The van der Waals surface area contributed by atoms with Crippen molar-refractivity contribution in [3.05, 3.63) is 254 Å². The Balaban J connectivity index is 1.32. The van der Waals surface area contributed by atoms with E-state index >= 15 is 0 Å². The van der Waals surface area contributed by atoms with Gasteiger partial charge in [0.05, 0.1) is 34.2 Å². The quantitative estimate of drug-likeness (QED) is 0.173. The molecule has 0 radical (unpaired) electrons. The molecule has 6 heteroatoms. The lowest BCUT2D eigenvalue weighted by atomic mass is 9.96. The summed E-state index contributed by atoms with van der Waals surface area (Å²) in [7, 11) is 0. The first-order valence-corrected chi connectivity index (χ1v) is 19.7. The predicted octanol–water partition coefficient (Wildman–Crippen LogP) is 10.4. The molecule has 270 valence electrons. The molecule has 0 atom stereocenters. The highest BCUT2D eigenvalue weighted by molar-refractivity contribution is 9.10. The lowest BCUT2D eigenvalue weighted by Crippen LogP contribution is -2.22. The van der Waals surface area contributed by atoms with Gasteiger partial charge in [0.1, 0.15) is 0 Å². The standard InChI is InChI=1S/C51H34BrN5/c52-38-21-23-39(24-22-38)53-32-37-31-46-49(35-17-9-3-10-18-35)44-28-27-42(55-44)47(33-13-5-1-6-14-33)40-25-26-41(54-40)48(34-15-7-2-8-16-34)43-29-30-45(56-43)50(51(37)57-46)36-19-11-4-12-20-36/h1-32,53,56H/b37-32-,47-40?,48-43?,49-44?,50-45?. The minimum Gasteiger partial charge on any atom is -0.361 e. The van der Waals surface area contributed by atoms with Crippen molar-refractivity contribution in [2.45, 2.75) is 0 Å². The maximum atomic E-state index is 5.58. The van der Waals surface area contributed by atoms with Crippen molar-refractivity contribution < 1.29 is 0 Å². The maximum absolute atomic E-state index is 5.58. The number of H-pyrrole nitrogens is 1. The highest BCUT2D eigenvalue weighted by Gasteiger charge is 2.28. The summed E-state index contributed by atoms with van der Waals surface area (Å²) in [5, 5.41) is 5.47. The number of aromatic amines is 1. The lowest BCUT2D eigenvalue weighted by molar-refractivity contribution is 1.25. The molecule has 5 nitrogen and oxygen atoms in total. The van der Waals surface area contributed by atoms with Crippen molar-refractivity contribution >= 4 is 61.0 Å². The largest absolute Gasteiger partial charge is 0.361 e. The first kappa shape index (κ1) is 34.3. The number of aromatic nitrogens is 1. The number of hydrogen-bond acceptors (Lipinski definition) is 4. The van der Waals surface area contributed by atoms with Gasteiger partial charge in [0, 0.05) is 54.9 Å². The average molecular weight is 797 g/mol. The van der Waals surface area contributed by atoms with Gasteiger partial charge in [0.25, 0.3) is 0 Å². The van der Waals surface area contributed by atoms with E-state index in [0.717, 1.165) is 105 Å². The van der Waals surface area contributed by atoms with Crippen LogP contribution in [0, 0.1) is 0 Å². The summed E-state index contributed by atoms with van der Waals surface area (Å²) in [5.74, 6) is 0. The van der Waals surface area contributed by atoms with Crippen LogP contribution in [0.4, 0.5) is 5.69 Å². The van der Waals surface area contributed by atoms with Crippen LogP contribution in [-0.4, -0.2) is 22.1 Å². The van der Waals surface area contributed by atoms with Crippen molar-refractivity contribution in [1.82, 2.24) is 4.98 Å². The Morgan fingerprint density at radius 2 is 0.930 bits per heavy atom. The number of benzene rings is 5. The van der Waals surface area contributed by atoms with Gasteiger partial charge in [-0.1, -0.05) is 137 Å². The number of rotatable bonds is 6. The van der Waals surface area contributed by atoms with Gasteiger partial charge in [-0.3, -0.25) is 0 Å². The minimum atomic E-state index is 0.823. The van der Waals surface area contributed by atoms with Gasteiger partial charge in [0.2, 0.25) is 0 Å². The van der Waals surface area contributed by atoms with E-state index in [9.17, 15) is 0 Å². The molecule has 1 aromatic heterocycles. The number of halogens is 1. The number of hydrogen-bond donors (Lipinski definition) is 2. The van der Waals surface area contributed by atoms with Gasteiger partial charge in [-0.2, -0.15) is 0 Å². The molecule has 8 bridgehead atoms. The van der Waals surface area contributed by atoms with Gasteiger partial charge >= 0.3 is 0 Å². The van der Waals surface area contributed by atoms with Crippen LogP contribution < -0.4 is 16.0 Å². The fraction of sp³-hybridized carbons (Fsp3) is 0. The molecule has 57 heavy (non-hydrogen) atoms. The number of allylic oxidation sites excluding steroid dienone is 8. The normalized spacial score (nSPS) is 16.6. The van der Waals surface area contributed by atoms with E-state index in [1.54, 1.807) is 0 Å². The summed E-state index contributed by atoms with van der Waals surface area (Å²) in [6.45, 7) is 0. The van der Waals surface area contributed by atoms with Gasteiger partial charge in [-0.15, -0.1) is 0 Å². The van der Waals surface area contributed by atoms with Gasteiger partial charge in [-0.05, 0) is 89.0 Å². The molecule has 0 fully saturated rings. The second kappa shape index (κ2) is 14.8. The third-order valence-corrected chi connectivity index (χ3v) is 10.8. The number of nitrogens with one attached hydrogen (secondary N) is 2. The summed E-state index contributed by atoms with van der Waals surface area (Å²) in [6.07, 6.45) is 12.7. The average Bonchev–Trinajstić information content (AvgIpc) is 4.10.